The van der Waals surface area contributed by atoms with Crippen LogP contribution < -0.4 is 10.1 Å². The van der Waals surface area contributed by atoms with Gasteiger partial charge in [0.25, 0.3) is 5.91 Å². The summed E-state index contributed by atoms with van der Waals surface area (Å²) < 4.78 is 18.3. The Morgan fingerprint density at radius 3 is 2.65 bits per heavy atom. The predicted molar refractivity (Wildman–Crippen MR) is 124 cm³/mol. The Kier molecular flexibility index (Phi) is 5.62. The minimum absolute atomic E-state index is 0.0773. The van der Waals surface area contributed by atoms with E-state index >= 15 is 0 Å². The van der Waals surface area contributed by atoms with Crippen molar-refractivity contribution in [2.75, 3.05) is 26.3 Å². The Hall–Kier alpha value is -2.42. The first-order valence-corrected chi connectivity index (χ1v) is 12.6. The highest BCUT2D eigenvalue weighted by molar-refractivity contribution is 6.01. The van der Waals surface area contributed by atoms with Gasteiger partial charge >= 0.3 is 0 Å². The van der Waals surface area contributed by atoms with Crippen LogP contribution in [0.1, 0.15) is 60.9 Å². The van der Waals surface area contributed by atoms with E-state index in [1.54, 1.807) is 4.90 Å². The number of rotatable bonds is 4. The number of likely N-dealkylation sites (tertiary alicyclic amines) is 1. The summed E-state index contributed by atoms with van der Waals surface area (Å²) in [7, 11) is 0. The van der Waals surface area contributed by atoms with Gasteiger partial charge in [0, 0.05) is 49.8 Å². The van der Waals surface area contributed by atoms with E-state index in [0.717, 1.165) is 62.2 Å². The number of fused-ring (bicyclic) bond motifs is 1. The Bertz CT molecular complexity index is 994. The van der Waals surface area contributed by atoms with Gasteiger partial charge < -0.3 is 24.4 Å². The van der Waals surface area contributed by atoms with Crippen LogP contribution in [-0.4, -0.2) is 71.9 Å². The molecule has 1 N–H and O–H groups in total. The van der Waals surface area contributed by atoms with Gasteiger partial charge in [0.15, 0.2) is 5.79 Å². The molecule has 182 valence electrons. The molecule has 1 saturated carbocycles. The van der Waals surface area contributed by atoms with Crippen molar-refractivity contribution in [2.45, 2.75) is 75.5 Å². The monoisotopic (exact) mass is 467 g/mol. The van der Waals surface area contributed by atoms with Gasteiger partial charge in [-0.3, -0.25) is 14.5 Å². The normalized spacial score (nSPS) is 31.2. The second-order valence-electron chi connectivity index (χ2n) is 10.2. The zero-order valence-corrected chi connectivity index (χ0v) is 19.6. The fourth-order valence-corrected chi connectivity index (χ4v) is 6.32. The quantitative estimate of drug-likeness (QED) is 0.733. The van der Waals surface area contributed by atoms with E-state index in [4.69, 9.17) is 14.2 Å². The Balaban J connectivity index is 1.11. The molecule has 0 radical (unpaired) electrons. The molecule has 8 heteroatoms. The van der Waals surface area contributed by atoms with E-state index in [-0.39, 0.29) is 23.7 Å². The zero-order chi connectivity index (χ0) is 23.3. The van der Waals surface area contributed by atoms with Gasteiger partial charge in [0.05, 0.1) is 13.2 Å². The first kappa shape index (κ1) is 22.1. The second-order valence-corrected chi connectivity index (χ2v) is 10.2. The fourth-order valence-electron chi connectivity index (χ4n) is 6.32. The van der Waals surface area contributed by atoms with Crippen LogP contribution in [0, 0.1) is 0 Å². The van der Waals surface area contributed by atoms with Crippen LogP contribution in [0.25, 0.3) is 0 Å². The molecule has 1 unspecified atom stereocenters. The van der Waals surface area contributed by atoms with Gasteiger partial charge in [-0.25, -0.2) is 0 Å². The van der Waals surface area contributed by atoms with Crippen LogP contribution in [0.2, 0.25) is 0 Å². The summed E-state index contributed by atoms with van der Waals surface area (Å²) in [6.45, 7) is 7.62. The summed E-state index contributed by atoms with van der Waals surface area (Å²) in [6, 6.07) is 5.71. The number of amides is 2. The summed E-state index contributed by atoms with van der Waals surface area (Å²) in [5.41, 5.74) is 2.33. The third kappa shape index (κ3) is 3.91. The molecule has 4 aliphatic heterocycles. The Morgan fingerprint density at radius 1 is 1.09 bits per heavy atom. The molecule has 5 aliphatic rings. The third-order valence-corrected chi connectivity index (χ3v) is 8.15. The predicted octanol–water partition coefficient (Wildman–Crippen LogP) is 2.57. The van der Waals surface area contributed by atoms with Gasteiger partial charge in [-0.05, 0) is 55.9 Å². The van der Waals surface area contributed by atoms with Crippen LogP contribution >= 0.6 is 0 Å². The van der Waals surface area contributed by atoms with Crippen LogP contribution in [0.15, 0.2) is 30.5 Å². The van der Waals surface area contributed by atoms with Crippen molar-refractivity contribution in [3.05, 3.63) is 41.6 Å². The highest BCUT2D eigenvalue weighted by atomic mass is 16.7. The van der Waals surface area contributed by atoms with Crippen molar-refractivity contribution < 1.29 is 23.8 Å². The molecule has 3 atom stereocenters. The lowest BCUT2D eigenvalue weighted by Crippen LogP contribution is -2.51. The third-order valence-electron chi connectivity index (χ3n) is 8.15. The van der Waals surface area contributed by atoms with Gasteiger partial charge in [-0.1, -0.05) is 6.58 Å². The lowest BCUT2D eigenvalue weighted by atomic mass is 10.0. The summed E-state index contributed by atoms with van der Waals surface area (Å²) in [6.07, 6.45) is 6.61. The number of ether oxygens (including phenoxy) is 3. The maximum absolute atomic E-state index is 13.0. The lowest BCUT2D eigenvalue weighted by Gasteiger charge is -2.41. The molecule has 0 aromatic heterocycles. The van der Waals surface area contributed by atoms with E-state index in [1.807, 2.05) is 18.2 Å². The molecule has 4 heterocycles. The summed E-state index contributed by atoms with van der Waals surface area (Å²) >= 11 is 0. The number of nitrogens with one attached hydrogen (secondary N) is 1. The molecule has 1 spiro atoms. The van der Waals surface area contributed by atoms with Crippen LogP contribution in [0.5, 0.6) is 5.75 Å². The van der Waals surface area contributed by atoms with Crippen LogP contribution in [-0.2, 0) is 20.8 Å². The maximum Gasteiger partial charge on any atom is 0.255 e. The SMILES string of the molecule is C=C1CCC(N2Cc3cc(O[C@H]4CCC[C@@H]4N4CCC5(CC4)OCCO5)ccc3C2=O)C(=O)N1. The minimum atomic E-state index is -0.441. The van der Waals surface area contributed by atoms with E-state index in [0.29, 0.717) is 44.2 Å². The molecule has 4 fully saturated rings. The first-order valence-electron chi connectivity index (χ1n) is 12.6. The molecule has 6 rings (SSSR count). The first-order chi connectivity index (χ1) is 16.5. The number of nitrogens with zero attached hydrogens (tertiary/aromatic N) is 2. The molecule has 1 aliphatic carbocycles. The second kappa shape index (κ2) is 8.66. The summed E-state index contributed by atoms with van der Waals surface area (Å²) in [5.74, 6) is 0.237. The molecule has 0 bridgehead atoms. The van der Waals surface area contributed by atoms with Crippen molar-refractivity contribution in [2.24, 2.45) is 0 Å². The molecule has 1 aromatic rings. The smallest absolute Gasteiger partial charge is 0.255 e. The van der Waals surface area contributed by atoms with E-state index in [1.165, 1.54) is 0 Å². The highest BCUT2D eigenvalue weighted by Crippen LogP contribution is 2.37. The van der Waals surface area contributed by atoms with Gasteiger partial charge in [-0.2, -0.15) is 0 Å². The fraction of sp³-hybridized carbons (Fsp3) is 0.615. The highest BCUT2D eigenvalue weighted by Gasteiger charge is 2.44. The average Bonchev–Trinajstić information content (AvgIpc) is 3.55. The van der Waals surface area contributed by atoms with E-state index < -0.39 is 6.04 Å². The van der Waals surface area contributed by atoms with Gasteiger partial charge in [0.1, 0.15) is 17.9 Å². The van der Waals surface area contributed by atoms with Crippen LogP contribution in [0.4, 0.5) is 0 Å². The van der Waals surface area contributed by atoms with Gasteiger partial charge in [-0.15, -0.1) is 0 Å². The number of piperidine rings is 2. The lowest BCUT2D eigenvalue weighted by molar-refractivity contribution is -0.189. The number of hydrogen-bond donors (Lipinski definition) is 1. The molecule has 1 aromatic carbocycles. The standard InChI is InChI=1S/C26H33N3O5/c1-17-5-8-22(24(30)27-17)29-16-18-15-19(6-7-20(18)25(29)31)34-23-4-2-3-21(23)28-11-9-26(10-12-28)32-13-14-33-26/h6-7,15,21-23H,1-5,8-14,16H2,(H,27,30)/t21-,22?,23-/m0/s1. The van der Waals surface area contributed by atoms with Crippen molar-refractivity contribution in [1.29, 1.82) is 0 Å². The molecular formula is C26H33N3O5. The number of hydrogen-bond acceptors (Lipinski definition) is 6. The number of carbonyl (C=O) groups excluding carboxylic acids is 2. The molecule has 34 heavy (non-hydrogen) atoms. The molecule has 8 nitrogen and oxygen atoms in total. The van der Waals surface area contributed by atoms with Crippen molar-refractivity contribution in [3.8, 4) is 5.75 Å². The average molecular weight is 468 g/mol. The number of benzene rings is 1. The van der Waals surface area contributed by atoms with Gasteiger partial charge in [0.2, 0.25) is 5.91 Å². The van der Waals surface area contributed by atoms with E-state index in [2.05, 4.69) is 16.8 Å². The summed E-state index contributed by atoms with van der Waals surface area (Å²) in [4.78, 5) is 29.7. The largest absolute Gasteiger partial charge is 0.489 e. The van der Waals surface area contributed by atoms with E-state index in [9.17, 15) is 9.59 Å². The topological polar surface area (TPSA) is 80.3 Å². The zero-order valence-electron chi connectivity index (χ0n) is 19.6. The molecule has 3 saturated heterocycles. The van der Waals surface area contributed by atoms with Crippen molar-refractivity contribution in [3.63, 3.8) is 0 Å². The Labute approximate surface area is 200 Å². The Morgan fingerprint density at radius 2 is 1.88 bits per heavy atom. The van der Waals surface area contributed by atoms with Crippen LogP contribution in [0.3, 0.4) is 0 Å². The van der Waals surface area contributed by atoms with Crippen molar-refractivity contribution in [1.82, 2.24) is 15.1 Å². The number of carbonyl (C=O) groups is 2. The minimum Gasteiger partial charge on any atom is -0.489 e. The molecule has 2 amide bonds. The summed E-state index contributed by atoms with van der Waals surface area (Å²) in [5, 5.41) is 2.79. The van der Waals surface area contributed by atoms with Crippen molar-refractivity contribution >= 4 is 11.8 Å². The number of allylic oxidation sites excluding steroid dienone is 1. The molecular weight excluding hydrogens is 434 g/mol. The maximum atomic E-state index is 13.0.